The van der Waals surface area contributed by atoms with E-state index in [1.807, 2.05) is 0 Å². The Morgan fingerprint density at radius 1 is 0.523 bits per heavy atom. The average molecular weight is 617 g/mol. The molecular formula is C40H72O4. The van der Waals surface area contributed by atoms with E-state index < -0.39 is 5.97 Å². The second-order valence-corrected chi connectivity index (χ2v) is 12.8. The minimum absolute atomic E-state index is 0.0818. The number of esters is 1. The van der Waals surface area contributed by atoms with Gasteiger partial charge >= 0.3 is 11.9 Å². The number of rotatable bonds is 34. The molecule has 0 aromatic rings. The second-order valence-electron chi connectivity index (χ2n) is 12.8. The van der Waals surface area contributed by atoms with Gasteiger partial charge in [0.25, 0.3) is 0 Å². The fraction of sp³-hybridized carbons (Fsp3) is 0.800. The van der Waals surface area contributed by atoms with Crippen molar-refractivity contribution in [3.8, 4) is 0 Å². The summed E-state index contributed by atoms with van der Waals surface area (Å²) in [5.74, 6) is -0.808. The zero-order valence-corrected chi connectivity index (χ0v) is 29.2. The van der Waals surface area contributed by atoms with Crippen molar-refractivity contribution in [2.75, 3.05) is 0 Å². The maximum Gasteiger partial charge on any atom is 0.306 e. The van der Waals surface area contributed by atoms with Gasteiger partial charge in [0.1, 0.15) is 6.10 Å². The molecule has 4 nitrogen and oxygen atoms in total. The Morgan fingerprint density at radius 3 is 1.52 bits per heavy atom. The first-order valence-electron chi connectivity index (χ1n) is 19.0. The molecule has 0 rings (SSSR count). The molecule has 0 spiro atoms. The minimum Gasteiger partial charge on any atom is -0.481 e. The molecular weight excluding hydrogens is 544 g/mol. The minimum atomic E-state index is -0.727. The van der Waals surface area contributed by atoms with E-state index in [9.17, 15) is 9.59 Å². The fourth-order valence-electron chi connectivity index (χ4n) is 5.48. The number of hydrogen-bond acceptors (Lipinski definition) is 3. The molecule has 0 saturated carbocycles. The highest BCUT2D eigenvalue weighted by Crippen LogP contribution is 2.15. The zero-order valence-electron chi connectivity index (χ0n) is 29.2. The van der Waals surface area contributed by atoms with Crippen LogP contribution in [0.15, 0.2) is 36.5 Å². The van der Waals surface area contributed by atoms with Crippen LogP contribution in [0.5, 0.6) is 0 Å². The molecule has 1 atom stereocenters. The summed E-state index contributed by atoms with van der Waals surface area (Å²) in [6.07, 6.45) is 46.1. The van der Waals surface area contributed by atoms with Gasteiger partial charge in [-0.25, -0.2) is 0 Å². The molecule has 0 aliphatic rings. The molecule has 0 aromatic heterocycles. The number of unbranched alkanes of at least 4 members (excludes halogenated alkanes) is 21. The van der Waals surface area contributed by atoms with Crippen LogP contribution in [0, 0.1) is 0 Å². The molecule has 0 fully saturated rings. The molecule has 0 amide bonds. The van der Waals surface area contributed by atoms with Gasteiger partial charge < -0.3 is 9.84 Å². The monoisotopic (exact) mass is 617 g/mol. The van der Waals surface area contributed by atoms with E-state index in [4.69, 9.17) is 9.84 Å². The van der Waals surface area contributed by atoms with Crippen LogP contribution >= 0.6 is 0 Å². The van der Waals surface area contributed by atoms with Crippen molar-refractivity contribution in [1.29, 1.82) is 0 Å². The van der Waals surface area contributed by atoms with E-state index >= 15 is 0 Å². The Kier molecular flexibility index (Phi) is 34.1. The first kappa shape index (κ1) is 42.2. The van der Waals surface area contributed by atoms with E-state index in [2.05, 4.69) is 50.3 Å². The number of carbonyl (C=O) groups excluding carboxylic acids is 1. The molecule has 4 heteroatoms. The molecule has 44 heavy (non-hydrogen) atoms. The highest BCUT2D eigenvalue weighted by molar-refractivity contribution is 5.69. The molecule has 0 aliphatic heterocycles. The Hall–Kier alpha value is -1.84. The standard InChI is InChI=1S/C40H72O4/c1-3-5-7-9-11-13-14-15-16-17-18-19-20-21-22-23-25-27-33-37-40(43)44-38(35-31-28-29-32-36-39(41)42)34-30-26-24-12-10-8-6-4-2/h12,15-16,24,30,34,38H,3-11,13-14,17-23,25-29,31-33,35-37H2,1-2H3,(H,41,42)/b16-15-,24-12-,34-30-. The normalized spacial score (nSPS) is 12.6. The van der Waals surface area contributed by atoms with E-state index in [0.717, 1.165) is 57.8 Å². The number of ether oxygens (including phenoxy) is 1. The van der Waals surface area contributed by atoms with Crippen molar-refractivity contribution in [2.45, 2.75) is 206 Å². The van der Waals surface area contributed by atoms with E-state index in [1.54, 1.807) is 0 Å². The summed E-state index contributed by atoms with van der Waals surface area (Å²) >= 11 is 0. The number of carboxylic acid groups (broad SMARTS) is 1. The molecule has 1 N–H and O–H groups in total. The van der Waals surface area contributed by atoms with Gasteiger partial charge in [0.05, 0.1) is 0 Å². The molecule has 0 radical (unpaired) electrons. The Bertz CT molecular complexity index is 708. The third-order valence-electron chi connectivity index (χ3n) is 8.32. The van der Waals surface area contributed by atoms with Gasteiger partial charge in [-0.05, 0) is 76.7 Å². The quantitative estimate of drug-likeness (QED) is 0.0444. The Balaban J connectivity index is 3.93. The van der Waals surface area contributed by atoms with Crippen LogP contribution in [0.2, 0.25) is 0 Å². The molecule has 0 heterocycles. The molecule has 0 aliphatic carbocycles. The van der Waals surface area contributed by atoms with Gasteiger partial charge in [0.2, 0.25) is 0 Å². The fourth-order valence-corrected chi connectivity index (χ4v) is 5.48. The maximum absolute atomic E-state index is 12.5. The van der Waals surface area contributed by atoms with Crippen LogP contribution in [0.1, 0.15) is 200 Å². The van der Waals surface area contributed by atoms with Crippen LogP contribution in [0.4, 0.5) is 0 Å². The van der Waals surface area contributed by atoms with Crippen molar-refractivity contribution in [2.24, 2.45) is 0 Å². The van der Waals surface area contributed by atoms with Crippen LogP contribution in [-0.4, -0.2) is 23.1 Å². The van der Waals surface area contributed by atoms with Gasteiger partial charge in [-0.1, -0.05) is 147 Å². The lowest BCUT2D eigenvalue weighted by molar-refractivity contribution is -0.147. The van der Waals surface area contributed by atoms with Crippen LogP contribution in [0.25, 0.3) is 0 Å². The average Bonchev–Trinajstić information content (AvgIpc) is 3.01. The first-order valence-corrected chi connectivity index (χ1v) is 19.0. The lowest BCUT2D eigenvalue weighted by Crippen LogP contribution is -2.16. The largest absolute Gasteiger partial charge is 0.481 e. The number of allylic oxidation sites excluding steroid dienone is 5. The van der Waals surface area contributed by atoms with Gasteiger partial charge in [-0.2, -0.15) is 0 Å². The third kappa shape index (κ3) is 34.6. The molecule has 0 bridgehead atoms. The smallest absolute Gasteiger partial charge is 0.306 e. The first-order chi connectivity index (χ1) is 21.6. The van der Waals surface area contributed by atoms with Crippen molar-refractivity contribution in [3.05, 3.63) is 36.5 Å². The van der Waals surface area contributed by atoms with E-state index in [-0.39, 0.29) is 18.5 Å². The van der Waals surface area contributed by atoms with Crippen molar-refractivity contribution in [3.63, 3.8) is 0 Å². The lowest BCUT2D eigenvalue weighted by atomic mass is 10.1. The number of hydrogen-bond donors (Lipinski definition) is 1. The van der Waals surface area contributed by atoms with Crippen molar-refractivity contribution < 1.29 is 19.4 Å². The summed E-state index contributed by atoms with van der Waals surface area (Å²) in [6.45, 7) is 4.50. The lowest BCUT2D eigenvalue weighted by Gasteiger charge is -2.14. The second kappa shape index (κ2) is 35.6. The van der Waals surface area contributed by atoms with Crippen LogP contribution in [0.3, 0.4) is 0 Å². The predicted molar refractivity (Wildman–Crippen MR) is 190 cm³/mol. The van der Waals surface area contributed by atoms with Crippen LogP contribution in [-0.2, 0) is 14.3 Å². The molecule has 0 aromatic carbocycles. The van der Waals surface area contributed by atoms with Crippen LogP contribution < -0.4 is 0 Å². The number of carboxylic acids is 1. The molecule has 256 valence electrons. The highest BCUT2D eigenvalue weighted by atomic mass is 16.5. The Morgan fingerprint density at radius 2 is 0.955 bits per heavy atom. The Labute approximate surface area is 273 Å². The van der Waals surface area contributed by atoms with Gasteiger partial charge in [0.15, 0.2) is 0 Å². The van der Waals surface area contributed by atoms with Crippen molar-refractivity contribution in [1.82, 2.24) is 0 Å². The van der Waals surface area contributed by atoms with E-state index in [0.29, 0.717) is 6.42 Å². The van der Waals surface area contributed by atoms with Gasteiger partial charge in [0, 0.05) is 12.8 Å². The van der Waals surface area contributed by atoms with E-state index in [1.165, 1.54) is 116 Å². The number of carbonyl (C=O) groups is 2. The third-order valence-corrected chi connectivity index (χ3v) is 8.32. The molecule has 1 unspecified atom stereocenters. The summed E-state index contributed by atoms with van der Waals surface area (Å²) < 4.78 is 5.84. The summed E-state index contributed by atoms with van der Waals surface area (Å²) in [4.78, 5) is 23.2. The SMILES string of the molecule is CCCCC/C=C\C/C=C\C(CCCCCCC(=O)O)OC(=O)CCCCCCCCCCC/C=C\CCCCCCCC. The summed E-state index contributed by atoms with van der Waals surface area (Å²) in [7, 11) is 0. The maximum atomic E-state index is 12.5. The summed E-state index contributed by atoms with van der Waals surface area (Å²) in [5, 5.41) is 8.81. The summed E-state index contributed by atoms with van der Waals surface area (Å²) in [5.41, 5.74) is 0. The molecule has 0 saturated heterocycles. The summed E-state index contributed by atoms with van der Waals surface area (Å²) in [6, 6.07) is 0. The zero-order chi connectivity index (χ0) is 32.2. The highest BCUT2D eigenvalue weighted by Gasteiger charge is 2.11. The van der Waals surface area contributed by atoms with Crippen molar-refractivity contribution >= 4 is 11.9 Å². The predicted octanol–water partition coefficient (Wildman–Crippen LogP) is 13.0. The number of aliphatic carboxylic acids is 1. The van der Waals surface area contributed by atoms with Gasteiger partial charge in [-0.3, -0.25) is 9.59 Å². The van der Waals surface area contributed by atoms with Gasteiger partial charge in [-0.15, -0.1) is 0 Å². The topological polar surface area (TPSA) is 63.6 Å².